The topological polar surface area (TPSA) is 91.7 Å². The summed E-state index contributed by atoms with van der Waals surface area (Å²) in [5.41, 5.74) is 0.130. The first-order valence-electron chi connectivity index (χ1n) is 6.41. The normalized spacial score (nSPS) is 29.1. The third-order valence-electron chi connectivity index (χ3n) is 4.12. The second kappa shape index (κ2) is 4.86. The van der Waals surface area contributed by atoms with E-state index in [1.54, 1.807) is 12.1 Å². The quantitative estimate of drug-likeness (QED) is 0.840. The fourth-order valence-corrected chi connectivity index (χ4v) is 4.88. The molecule has 1 fully saturated rings. The van der Waals surface area contributed by atoms with E-state index in [2.05, 4.69) is 0 Å². The maximum atomic E-state index is 11.8. The summed E-state index contributed by atoms with van der Waals surface area (Å²) in [5, 5.41) is 17.7. The van der Waals surface area contributed by atoms with Crippen molar-refractivity contribution in [1.82, 2.24) is 0 Å². The lowest BCUT2D eigenvalue weighted by atomic mass is 9.99. The van der Waals surface area contributed by atoms with Gasteiger partial charge in [0.1, 0.15) is 5.41 Å². The number of aliphatic hydroxyl groups excluding tert-OH is 1. The molecule has 5 nitrogen and oxygen atoms in total. The molecule has 0 amide bonds. The van der Waals surface area contributed by atoms with E-state index in [4.69, 9.17) is 0 Å². The van der Waals surface area contributed by atoms with Crippen molar-refractivity contribution in [3.63, 3.8) is 0 Å². The Bertz CT molecular complexity index is 619. The zero-order valence-electron chi connectivity index (χ0n) is 11.4. The van der Waals surface area contributed by atoms with Crippen LogP contribution in [0.2, 0.25) is 0 Å². The van der Waals surface area contributed by atoms with Crippen molar-refractivity contribution in [1.29, 1.82) is 0 Å². The Morgan fingerprint density at radius 2 is 1.85 bits per heavy atom. The first-order valence-corrected chi connectivity index (χ1v) is 8.36. The average molecular weight is 298 g/mol. The fourth-order valence-electron chi connectivity index (χ4n) is 2.98. The van der Waals surface area contributed by atoms with Gasteiger partial charge in [-0.15, -0.1) is 0 Å². The second-order valence-electron chi connectivity index (χ2n) is 5.33. The molecule has 1 aliphatic carbocycles. The predicted octanol–water partition coefficient (Wildman–Crippen LogP) is 0.823. The van der Waals surface area contributed by atoms with Crippen LogP contribution in [0.3, 0.4) is 0 Å². The summed E-state index contributed by atoms with van der Waals surface area (Å²) in [6, 6.07) is 7.22. The van der Waals surface area contributed by atoms with Gasteiger partial charge in [0.15, 0.2) is 9.84 Å². The van der Waals surface area contributed by atoms with Gasteiger partial charge in [-0.1, -0.05) is 31.2 Å². The first-order chi connectivity index (χ1) is 9.29. The van der Waals surface area contributed by atoms with E-state index in [9.17, 15) is 23.4 Å². The maximum Gasteiger partial charge on any atom is 0.314 e. The predicted molar refractivity (Wildman–Crippen MR) is 74.3 cm³/mol. The van der Waals surface area contributed by atoms with Crippen LogP contribution in [0.25, 0.3) is 0 Å². The van der Waals surface area contributed by atoms with Crippen molar-refractivity contribution in [2.45, 2.75) is 24.5 Å². The third kappa shape index (κ3) is 2.13. The molecular formula is C14H18O5S. The number of carboxylic acids is 1. The summed E-state index contributed by atoms with van der Waals surface area (Å²) >= 11 is 0. The van der Waals surface area contributed by atoms with Crippen molar-refractivity contribution in [2.24, 2.45) is 5.41 Å². The molecule has 0 saturated heterocycles. The zero-order valence-corrected chi connectivity index (χ0v) is 12.2. The number of hydrogen-bond donors (Lipinski definition) is 2. The molecule has 20 heavy (non-hydrogen) atoms. The van der Waals surface area contributed by atoms with Crippen molar-refractivity contribution in [2.75, 3.05) is 12.9 Å². The van der Waals surface area contributed by atoms with Gasteiger partial charge in [-0.05, 0) is 17.5 Å². The maximum absolute atomic E-state index is 11.8. The van der Waals surface area contributed by atoms with E-state index in [0.29, 0.717) is 5.56 Å². The Morgan fingerprint density at radius 3 is 2.15 bits per heavy atom. The summed E-state index contributed by atoms with van der Waals surface area (Å²) in [7, 11) is -3.55. The lowest BCUT2D eigenvalue weighted by Gasteiger charge is -2.08. The van der Waals surface area contributed by atoms with Crippen LogP contribution < -0.4 is 0 Å². The molecule has 3 atom stereocenters. The van der Waals surface area contributed by atoms with Gasteiger partial charge < -0.3 is 10.2 Å². The summed E-state index contributed by atoms with van der Waals surface area (Å²) in [5.74, 6) is -1.95. The van der Waals surface area contributed by atoms with Gasteiger partial charge in [-0.3, -0.25) is 4.79 Å². The molecule has 0 heterocycles. The molecule has 6 heteroatoms. The highest BCUT2D eigenvalue weighted by Gasteiger charge is 2.74. The van der Waals surface area contributed by atoms with E-state index in [-0.39, 0.29) is 0 Å². The minimum atomic E-state index is -3.55. The van der Waals surface area contributed by atoms with Gasteiger partial charge in [0.05, 0.1) is 11.9 Å². The highest BCUT2D eigenvalue weighted by atomic mass is 32.2. The molecule has 110 valence electrons. The van der Waals surface area contributed by atoms with Gasteiger partial charge >= 0.3 is 5.97 Å². The molecule has 0 radical (unpaired) electrons. The van der Waals surface area contributed by atoms with E-state index in [1.165, 1.54) is 0 Å². The van der Waals surface area contributed by atoms with E-state index in [1.807, 2.05) is 19.1 Å². The standard InChI is InChI=1S/C14H18O5S/c1-3-9-4-6-10(7-5-9)11-12(20(2,18)19)14(11,8-15)13(16)17/h4-7,11-12,15H,3,8H2,1-2H3,(H,16,17)/t11-,12-,14+/m1/s1. The average Bonchev–Trinajstić information content (AvgIpc) is 3.09. The third-order valence-corrected chi connectivity index (χ3v) is 5.74. The van der Waals surface area contributed by atoms with E-state index in [0.717, 1.165) is 18.2 Å². The molecule has 1 aromatic rings. The molecule has 2 rings (SSSR count). The van der Waals surface area contributed by atoms with Gasteiger partial charge in [-0.2, -0.15) is 0 Å². The van der Waals surface area contributed by atoms with Gasteiger partial charge in [0.25, 0.3) is 0 Å². The zero-order chi connectivity index (χ0) is 15.1. The van der Waals surface area contributed by atoms with Crippen LogP contribution in [-0.2, 0) is 21.1 Å². The first kappa shape index (κ1) is 15.0. The van der Waals surface area contributed by atoms with Gasteiger partial charge in [0.2, 0.25) is 0 Å². The number of rotatable bonds is 5. The molecule has 1 aromatic carbocycles. The molecule has 2 N–H and O–H groups in total. The van der Waals surface area contributed by atoms with Crippen molar-refractivity contribution in [3.8, 4) is 0 Å². The number of aliphatic carboxylic acids is 1. The van der Waals surface area contributed by atoms with Crippen molar-refractivity contribution < 1.29 is 23.4 Å². The van der Waals surface area contributed by atoms with Crippen LogP contribution in [0, 0.1) is 5.41 Å². The number of carbonyl (C=O) groups is 1. The lowest BCUT2D eigenvalue weighted by molar-refractivity contribution is -0.145. The molecule has 1 saturated carbocycles. The SMILES string of the molecule is CCc1ccc([C@@H]2[C@@H](S(C)(=O)=O)[C@@]2(CO)C(=O)O)cc1. The van der Waals surface area contributed by atoms with Crippen LogP contribution in [-0.4, -0.2) is 42.7 Å². The lowest BCUT2D eigenvalue weighted by Crippen LogP contribution is -2.27. The van der Waals surface area contributed by atoms with Crippen molar-refractivity contribution in [3.05, 3.63) is 35.4 Å². The summed E-state index contributed by atoms with van der Waals surface area (Å²) in [4.78, 5) is 11.5. The number of aryl methyl sites for hydroxylation is 1. The van der Waals surface area contributed by atoms with Crippen LogP contribution in [0.5, 0.6) is 0 Å². The largest absolute Gasteiger partial charge is 0.481 e. The molecule has 0 spiro atoms. The number of benzene rings is 1. The van der Waals surface area contributed by atoms with Crippen LogP contribution in [0.4, 0.5) is 0 Å². The minimum Gasteiger partial charge on any atom is -0.481 e. The Balaban J connectivity index is 2.46. The smallest absolute Gasteiger partial charge is 0.314 e. The monoisotopic (exact) mass is 298 g/mol. The Labute approximate surface area is 118 Å². The highest BCUT2D eigenvalue weighted by Crippen LogP contribution is 2.62. The van der Waals surface area contributed by atoms with E-state index < -0.39 is 39.0 Å². The Morgan fingerprint density at radius 1 is 1.30 bits per heavy atom. The van der Waals surface area contributed by atoms with Gasteiger partial charge in [-0.25, -0.2) is 8.42 Å². The Kier molecular flexibility index (Phi) is 3.64. The molecule has 0 aliphatic heterocycles. The molecule has 0 bridgehead atoms. The molecule has 1 aliphatic rings. The molecule has 0 aromatic heterocycles. The van der Waals surface area contributed by atoms with Crippen LogP contribution in [0.1, 0.15) is 24.0 Å². The van der Waals surface area contributed by atoms with E-state index >= 15 is 0 Å². The highest BCUT2D eigenvalue weighted by molar-refractivity contribution is 7.91. The number of carboxylic acid groups (broad SMARTS) is 1. The number of aliphatic hydroxyl groups is 1. The number of hydrogen-bond acceptors (Lipinski definition) is 4. The van der Waals surface area contributed by atoms with Crippen LogP contribution in [0.15, 0.2) is 24.3 Å². The summed E-state index contributed by atoms with van der Waals surface area (Å²) in [6.07, 6.45) is 1.87. The molecular weight excluding hydrogens is 280 g/mol. The Hall–Kier alpha value is -1.40. The second-order valence-corrected chi connectivity index (χ2v) is 7.49. The number of sulfone groups is 1. The van der Waals surface area contributed by atoms with Crippen molar-refractivity contribution >= 4 is 15.8 Å². The van der Waals surface area contributed by atoms with Gasteiger partial charge in [0, 0.05) is 12.2 Å². The summed E-state index contributed by atoms with van der Waals surface area (Å²) in [6.45, 7) is 1.32. The minimum absolute atomic E-state index is 0.647. The molecule has 0 unspecified atom stereocenters. The summed E-state index contributed by atoms with van der Waals surface area (Å²) < 4.78 is 23.6. The van der Waals surface area contributed by atoms with Crippen LogP contribution >= 0.6 is 0 Å². The fraction of sp³-hybridized carbons (Fsp3) is 0.500.